The van der Waals surface area contributed by atoms with Crippen molar-refractivity contribution >= 4 is 55.2 Å². The molecule has 0 bridgehead atoms. The van der Waals surface area contributed by atoms with Gasteiger partial charge in [-0.3, -0.25) is 9.98 Å². The quantitative estimate of drug-likeness (QED) is 0.177. The van der Waals surface area contributed by atoms with E-state index in [9.17, 15) is 0 Å². The van der Waals surface area contributed by atoms with Gasteiger partial charge < -0.3 is 0 Å². The van der Waals surface area contributed by atoms with Gasteiger partial charge in [-0.2, -0.15) is 0 Å². The molecule has 0 saturated carbocycles. The summed E-state index contributed by atoms with van der Waals surface area (Å²) in [5, 5.41) is 6.65. The predicted octanol–water partition coefficient (Wildman–Crippen LogP) is 10.3. The molecule has 6 aromatic rings. The first kappa shape index (κ1) is 29.2. The van der Waals surface area contributed by atoms with Gasteiger partial charge in [-0.05, 0) is 90.7 Å². The van der Waals surface area contributed by atoms with Gasteiger partial charge in [0.1, 0.15) is 10.1 Å². The number of thioether (sulfide) groups is 2. The molecule has 0 unspecified atom stereocenters. The van der Waals surface area contributed by atoms with E-state index in [-0.39, 0.29) is 11.1 Å². The Hall–Kier alpha value is -4.26. The second kappa shape index (κ2) is 11.2. The summed E-state index contributed by atoms with van der Waals surface area (Å²) in [5.41, 5.74) is 8.22. The molecule has 6 heteroatoms. The van der Waals surface area contributed by atoms with Crippen LogP contribution in [0.3, 0.4) is 0 Å². The molecule has 0 radical (unpaired) electrons. The number of nitrogens with zero attached hydrogens (tertiary/aromatic N) is 4. The SMILES string of the molecule is CC1(C)CSC(c2cccc(-c3c4ccccc4c(-c4cccc(C5=NC(C)(C)CS5)n4)c4cc(-c5ccccc5)ccc34)n2)=N1. The smallest absolute Gasteiger partial charge is 0.117 e. The van der Waals surface area contributed by atoms with Crippen molar-refractivity contribution in [2.45, 2.75) is 38.8 Å². The highest BCUT2D eigenvalue weighted by atomic mass is 32.2. The van der Waals surface area contributed by atoms with E-state index in [0.29, 0.717) is 0 Å². The van der Waals surface area contributed by atoms with Crippen LogP contribution in [0, 0.1) is 0 Å². The summed E-state index contributed by atoms with van der Waals surface area (Å²) < 4.78 is 0. The van der Waals surface area contributed by atoms with Crippen molar-refractivity contribution in [3.05, 3.63) is 121 Å². The molecule has 0 aliphatic carbocycles. The Kier molecular flexibility index (Phi) is 7.11. The van der Waals surface area contributed by atoms with Gasteiger partial charge in [-0.15, -0.1) is 23.5 Å². The number of pyridine rings is 2. The van der Waals surface area contributed by atoms with E-state index >= 15 is 0 Å². The fourth-order valence-corrected chi connectivity index (χ4v) is 8.61. The molecule has 0 spiro atoms. The molecule has 0 fully saturated rings. The van der Waals surface area contributed by atoms with Crippen LogP contribution in [-0.4, -0.2) is 42.6 Å². The zero-order valence-electron chi connectivity index (χ0n) is 26.4. The molecule has 8 rings (SSSR count). The first-order chi connectivity index (χ1) is 22.2. The number of hydrogen-bond acceptors (Lipinski definition) is 6. The van der Waals surface area contributed by atoms with Gasteiger partial charge in [0.2, 0.25) is 0 Å². The van der Waals surface area contributed by atoms with E-state index in [1.807, 2.05) is 0 Å². The molecule has 2 aliphatic rings. The Morgan fingerprint density at radius 1 is 0.457 bits per heavy atom. The lowest BCUT2D eigenvalue weighted by Crippen LogP contribution is -2.15. The maximum absolute atomic E-state index is 5.29. The minimum atomic E-state index is -0.0802. The lowest BCUT2D eigenvalue weighted by Gasteiger charge is -2.18. The topological polar surface area (TPSA) is 50.5 Å². The molecule has 226 valence electrons. The Bertz CT molecular complexity index is 2220. The standard InChI is InChI=1S/C40H34N4S2/c1-39(2)23-45-37(43-39)33-18-10-16-31(41-33)35-27-14-8-9-15-28(27)36(30-22-26(20-21-29(30)35)25-12-6-5-7-13-25)32-17-11-19-34(42-32)38-44-40(3,4)24-46-38/h5-22H,23-24H2,1-4H3. The highest BCUT2D eigenvalue weighted by molar-refractivity contribution is 8.15. The highest BCUT2D eigenvalue weighted by Crippen LogP contribution is 2.44. The molecule has 0 N–H and O–H groups in total. The van der Waals surface area contributed by atoms with Gasteiger partial charge in [0.15, 0.2) is 0 Å². The molecule has 46 heavy (non-hydrogen) atoms. The van der Waals surface area contributed by atoms with Crippen LogP contribution < -0.4 is 0 Å². The highest BCUT2D eigenvalue weighted by Gasteiger charge is 2.29. The van der Waals surface area contributed by atoms with Crippen LogP contribution >= 0.6 is 23.5 Å². The summed E-state index contributed by atoms with van der Waals surface area (Å²) in [6.45, 7) is 8.73. The summed E-state index contributed by atoms with van der Waals surface area (Å²) in [6.07, 6.45) is 0. The van der Waals surface area contributed by atoms with Gasteiger partial charge in [0, 0.05) is 22.6 Å². The predicted molar refractivity (Wildman–Crippen MR) is 199 cm³/mol. The number of fused-ring (bicyclic) bond motifs is 2. The molecule has 0 amide bonds. The molecule has 4 aromatic carbocycles. The Balaban J connectivity index is 1.41. The van der Waals surface area contributed by atoms with Gasteiger partial charge >= 0.3 is 0 Å². The van der Waals surface area contributed by atoms with Gasteiger partial charge in [0.25, 0.3) is 0 Å². The minimum Gasteiger partial charge on any atom is -0.269 e. The second-order valence-corrected chi connectivity index (χ2v) is 15.2. The first-order valence-corrected chi connectivity index (χ1v) is 17.7. The molecule has 0 saturated heterocycles. The zero-order chi connectivity index (χ0) is 31.5. The van der Waals surface area contributed by atoms with Crippen LogP contribution in [0.25, 0.3) is 55.2 Å². The van der Waals surface area contributed by atoms with Crippen LogP contribution in [0.4, 0.5) is 0 Å². The van der Waals surface area contributed by atoms with Crippen molar-refractivity contribution in [3.8, 4) is 33.6 Å². The van der Waals surface area contributed by atoms with Crippen molar-refractivity contribution in [1.29, 1.82) is 0 Å². The van der Waals surface area contributed by atoms with Gasteiger partial charge in [-0.25, -0.2) is 9.97 Å². The molecule has 0 atom stereocenters. The summed E-state index contributed by atoms with van der Waals surface area (Å²) >= 11 is 3.58. The van der Waals surface area contributed by atoms with E-state index in [2.05, 4.69) is 137 Å². The lowest BCUT2D eigenvalue weighted by atomic mass is 9.87. The molecule has 2 aliphatic heterocycles. The van der Waals surface area contributed by atoms with Crippen LogP contribution in [0.1, 0.15) is 39.1 Å². The van der Waals surface area contributed by atoms with Crippen molar-refractivity contribution in [3.63, 3.8) is 0 Å². The number of aromatic nitrogens is 2. The van der Waals surface area contributed by atoms with Crippen LogP contribution in [-0.2, 0) is 0 Å². The Morgan fingerprint density at radius 3 is 1.46 bits per heavy atom. The van der Waals surface area contributed by atoms with Crippen LogP contribution in [0.2, 0.25) is 0 Å². The fraction of sp³-hybridized carbons (Fsp3) is 0.200. The maximum Gasteiger partial charge on any atom is 0.117 e. The molecular formula is C40H34N4S2. The summed E-state index contributed by atoms with van der Waals surface area (Å²) in [4.78, 5) is 20.6. The largest absolute Gasteiger partial charge is 0.269 e. The summed E-state index contributed by atoms with van der Waals surface area (Å²) in [5.74, 6) is 1.93. The third-order valence-electron chi connectivity index (χ3n) is 8.51. The molecule has 4 heterocycles. The third kappa shape index (κ3) is 5.33. The second-order valence-electron chi connectivity index (χ2n) is 13.3. The number of rotatable bonds is 5. The molecule has 2 aromatic heterocycles. The average Bonchev–Trinajstić information content (AvgIpc) is 3.64. The fourth-order valence-electron chi connectivity index (χ4n) is 6.36. The number of hydrogen-bond donors (Lipinski definition) is 0. The van der Waals surface area contributed by atoms with Crippen LogP contribution in [0.5, 0.6) is 0 Å². The lowest BCUT2D eigenvalue weighted by molar-refractivity contribution is 0.604. The van der Waals surface area contributed by atoms with Gasteiger partial charge in [0.05, 0.1) is 33.9 Å². The van der Waals surface area contributed by atoms with Crippen molar-refractivity contribution < 1.29 is 0 Å². The van der Waals surface area contributed by atoms with E-state index in [1.54, 1.807) is 23.5 Å². The third-order valence-corrected chi connectivity index (χ3v) is 11.4. The summed E-state index contributed by atoms with van der Waals surface area (Å²) in [7, 11) is 0. The summed E-state index contributed by atoms with van der Waals surface area (Å²) in [6, 6.07) is 38.8. The van der Waals surface area contributed by atoms with E-state index in [1.165, 1.54) is 11.1 Å². The molecule has 4 nitrogen and oxygen atoms in total. The van der Waals surface area contributed by atoms with E-state index in [4.69, 9.17) is 20.0 Å². The van der Waals surface area contributed by atoms with Crippen molar-refractivity contribution in [2.75, 3.05) is 11.5 Å². The minimum absolute atomic E-state index is 0.0770. The molecular weight excluding hydrogens is 601 g/mol. The monoisotopic (exact) mass is 634 g/mol. The zero-order valence-corrected chi connectivity index (χ0v) is 28.0. The average molecular weight is 635 g/mol. The Morgan fingerprint density at radius 2 is 0.935 bits per heavy atom. The number of benzene rings is 4. The number of aliphatic imine (C=N–C) groups is 2. The van der Waals surface area contributed by atoms with E-state index < -0.39 is 0 Å². The Labute approximate surface area is 278 Å². The first-order valence-electron chi connectivity index (χ1n) is 15.7. The van der Waals surface area contributed by atoms with Crippen molar-refractivity contribution in [1.82, 2.24) is 9.97 Å². The van der Waals surface area contributed by atoms with Crippen molar-refractivity contribution in [2.24, 2.45) is 9.98 Å². The van der Waals surface area contributed by atoms with E-state index in [0.717, 1.165) is 77.0 Å². The van der Waals surface area contributed by atoms with Gasteiger partial charge in [-0.1, -0.05) is 78.9 Å². The maximum atomic E-state index is 5.29. The van der Waals surface area contributed by atoms with Crippen LogP contribution in [0.15, 0.2) is 119 Å². The normalized spacial score (nSPS) is 17.0.